The summed E-state index contributed by atoms with van der Waals surface area (Å²) >= 11 is 3.13. The van der Waals surface area contributed by atoms with E-state index in [0.29, 0.717) is 12.3 Å². The standard InChI is InChI=1S/C20H22N4OS2/c1-15-8-10-17(11-9-15)26-13-18-22-23-20(24(18)2)27-14-19(25)21-12-16-6-4-3-5-7-16/h3-11H,12-14H2,1-2H3,(H,21,25). The molecule has 2 aromatic carbocycles. The van der Waals surface area contributed by atoms with Crippen molar-refractivity contribution in [2.24, 2.45) is 7.05 Å². The minimum atomic E-state index is -0.0116. The second-order valence-electron chi connectivity index (χ2n) is 6.11. The summed E-state index contributed by atoms with van der Waals surface area (Å²) in [4.78, 5) is 13.3. The Balaban J connectivity index is 1.46. The van der Waals surface area contributed by atoms with Crippen molar-refractivity contribution in [1.82, 2.24) is 20.1 Å². The Morgan fingerprint density at radius 2 is 1.78 bits per heavy atom. The molecule has 0 aliphatic carbocycles. The fraction of sp³-hybridized carbons (Fsp3) is 0.250. The van der Waals surface area contributed by atoms with E-state index in [9.17, 15) is 4.79 Å². The maximum Gasteiger partial charge on any atom is 0.230 e. The number of amides is 1. The average molecular weight is 399 g/mol. The van der Waals surface area contributed by atoms with Gasteiger partial charge in [-0.05, 0) is 24.6 Å². The molecule has 0 unspecified atom stereocenters. The fourth-order valence-electron chi connectivity index (χ4n) is 2.36. The molecule has 7 heteroatoms. The average Bonchev–Trinajstić information content (AvgIpc) is 3.05. The Hall–Kier alpha value is -2.25. The Kier molecular flexibility index (Phi) is 6.95. The molecule has 1 heterocycles. The molecule has 0 spiro atoms. The van der Waals surface area contributed by atoms with Crippen LogP contribution in [0, 0.1) is 6.92 Å². The van der Waals surface area contributed by atoms with Crippen LogP contribution < -0.4 is 5.32 Å². The Bertz CT molecular complexity index is 879. The van der Waals surface area contributed by atoms with Crippen molar-refractivity contribution in [1.29, 1.82) is 0 Å². The van der Waals surface area contributed by atoms with Crippen LogP contribution in [-0.4, -0.2) is 26.4 Å². The summed E-state index contributed by atoms with van der Waals surface area (Å²) in [5.74, 6) is 1.95. The number of hydrogen-bond acceptors (Lipinski definition) is 5. The van der Waals surface area contributed by atoms with Gasteiger partial charge in [-0.3, -0.25) is 4.79 Å². The number of carbonyl (C=O) groups excluding carboxylic acids is 1. The van der Waals surface area contributed by atoms with Crippen molar-refractivity contribution in [3.8, 4) is 0 Å². The minimum absolute atomic E-state index is 0.0116. The zero-order valence-electron chi connectivity index (χ0n) is 15.4. The number of aromatic nitrogens is 3. The first-order valence-electron chi connectivity index (χ1n) is 8.63. The van der Waals surface area contributed by atoms with Gasteiger partial charge in [0.1, 0.15) is 5.82 Å². The molecule has 3 rings (SSSR count). The van der Waals surface area contributed by atoms with Gasteiger partial charge in [0.05, 0.1) is 11.5 Å². The molecule has 0 saturated carbocycles. The lowest BCUT2D eigenvalue weighted by molar-refractivity contribution is -0.118. The highest BCUT2D eigenvalue weighted by Gasteiger charge is 2.11. The lowest BCUT2D eigenvalue weighted by Gasteiger charge is -2.06. The first kappa shape index (κ1) is 19.5. The van der Waals surface area contributed by atoms with Crippen molar-refractivity contribution >= 4 is 29.4 Å². The van der Waals surface area contributed by atoms with Crippen molar-refractivity contribution < 1.29 is 4.79 Å². The van der Waals surface area contributed by atoms with Gasteiger partial charge in [-0.2, -0.15) is 0 Å². The topological polar surface area (TPSA) is 59.8 Å². The van der Waals surface area contributed by atoms with Gasteiger partial charge in [-0.25, -0.2) is 0 Å². The largest absolute Gasteiger partial charge is 0.351 e. The van der Waals surface area contributed by atoms with Gasteiger partial charge in [0.25, 0.3) is 0 Å². The molecule has 0 saturated heterocycles. The molecule has 1 amide bonds. The molecule has 0 aliphatic heterocycles. The highest BCUT2D eigenvalue weighted by molar-refractivity contribution is 7.99. The minimum Gasteiger partial charge on any atom is -0.351 e. The summed E-state index contributed by atoms with van der Waals surface area (Å²) in [6.45, 7) is 2.62. The molecule has 3 aromatic rings. The SMILES string of the molecule is Cc1ccc(SCc2nnc(SCC(=O)NCc3ccccc3)n2C)cc1. The molecule has 140 valence electrons. The number of rotatable bonds is 8. The van der Waals surface area contributed by atoms with E-state index in [1.165, 1.54) is 22.2 Å². The summed E-state index contributed by atoms with van der Waals surface area (Å²) in [5.41, 5.74) is 2.34. The fourth-order valence-corrected chi connectivity index (χ4v) is 3.99. The van der Waals surface area contributed by atoms with Crippen molar-refractivity contribution in [2.75, 3.05) is 5.75 Å². The number of thioether (sulfide) groups is 2. The predicted octanol–water partition coefficient (Wildman–Crippen LogP) is 3.82. The molecule has 0 fully saturated rings. The van der Waals surface area contributed by atoms with Gasteiger partial charge in [0, 0.05) is 18.5 Å². The van der Waals surface area contributed by atoms with Crippen molar-refractivity contribution in [3.63, 3.8) is 0 Å². The second kappa shape index (κ2) is 9.62. The molecule has 0 radical (unpaired) electrons. The molecule has 0 bridgehead atoms. The smallest absolute Gasteiger partial charge is 0.230 e. The molecule has 27 heavy (non-hydrogen) atoms. The Morgan fingerprint density at radius 3 is 2.52 bits per heavy atom. The van der Waals surface area contributed by atoms with Crippen LogP contribution in [0.4, 0.5) is 0 Å². The van der Waals surface area contributed by atoms with Crippen LogP contribution in [0.15, 0.2) is 64.6 Å². The van der Waals surface area contributed by atoms with Crippen molar-refractivity contribution in [2.45, 2.75) is 29.3 Å². The predicted molar refractivity (Wildman–Crippen MR) is 111 cm³/mol. The van der Waals surface area contributed by atoms with E-state index in [4.69, 9.17) is 0 Å². The van der Waals surface area contributed by atoms with Crippen LogP contribution >= 0.6 is 23.5 Å². The zero-order valence-corrected chi connectivity index (χ0v) is 17.0. The van der Waals surface area contributed by atoms with Gasteiger partial charge >= 0.3 is 0 Å². The summed E-state index contributed by atoms with van der Waals surface area (Å²) < 4.78 is 1.95. The summed E-state index contributed by atoms with van der Waals surface area (Å²) in [6.07, 6.45) is 0. The van der Waals surface area contributed by atoms with Crippen LogP contribution in [0.1, 0.15) is 17.0 Å². The third kappa shape index (κ3) is 5.87. The first-order chi connectivity index (χ1) is 13.1. The van der Waals surface area contributed by atoms with Gasteiger partial charge in [0.2, 0.25) is 5.91 Å². The Labute approximate surface area is 168 Å². The molecule has 5 nitrogen and oxygen atoms in total. The quantitative estimate of drug-likeness (QED) is 0.585. The van der Waals surface area contributed by atoms with E-state index < -0.39 is 0 Å². The molecule has 1 N–H and O–H groups in total. The maximum absolute atomic E-state index is 12.1. The van der Waals surface area contributed by atoms with Crippen LogP contribution in [0.5, 0.6) is 0 Å². The van der Waals surface area contributed by atoms with Crippen LogP contribution in [0.2, 0.25) is 0 Å². The molecule has 1 aromatic heterocycles. The van der Waals surface area contributed by atoms with Crippen LogP contribution in [0.25, 0.3) is 0 Å². The summed E-state index contributed by atoms with van der Waals surface area (Å²) in [5, 5.41) is 12.2. The van der Waals surface area contributed by atoms with Gasteiger partial charge in [-0.15, -0.1) is 22.0 Å². The molecule has 0 aliphatic rings. The number of carbonyl (C=O) groups is 1. The van der Waals surface area contributed by atoms with Crippen LogP contribution in [-0.2, 0) is 24.1 Å². The zero-order chi connectivity index (χ0) is 19.1. The highest BCUT2D eigenvalue weighted by Crippen LogP contribution is 2.24. The number of nitrogens with one attached hydrogen (secondary N) is 1. The van der Waals surface area contributed by atoms with E-state index in [1.807, 2.05) is 41.9 Å². The van der Waals surface area contributed by atoms with E-state index in [2.05, 4.69) is 46.7 Å². The monoisotopic (exact) mass is 398 g/mol. The number of benzene rings is 2. The van der Waals surface area contributed by atoms with E-state index in [1.54, 1.807) is 11.8 Å². The number of hydrogen-bond donors (Lipinski definition) is 1. The number of aryl methyl sites for hydroxylation is 1. The second-order valence-corrected chi connectivity index (χ2v) is 8.10. The van der Waals surface area contributed by atoms with Crippen molar-refractivity contribution in [3.05, 3.63) is 71.5 Å². The van der Waals surface area contributed by atoms with E-state index in [-0.39, 0.29) is 5.91 Å². The lowest BCUT2D eigenvalue weighted by Crippen LogP contribution is -2.24. The van der Waals surface area contributed by atoms with Gasteiger partial charge in [-0.1, -0.05) is 59.8 Å². The van der Waals surface area contributed by atoms with E-state index in [0.717, 1.165) is 22.3 Å². The van der Waals surface area contributed by atoms with Gasteiger partial charge in [0.15, 0.2) is 5.16 Å². The molecule has 0 atom stereocenters. The molecular weight excluding hydrogens is 376 g/mol. The van der Waals surface area contributed by atoms with Gasteiger partial charge < -0.3 is 9.88 Å². The highest BCUT2D eigenvalue weighted by atomic mass is 32.2. The first-order valence-corrected chi connectivity index (χ1v) is 10.6. The summed E-state index contributed by atoms with van der Waals surface area (Å²) in [7, 11) is 1.94. The lowest BCUT2D eigenvalue weighted by atomic mass is 10.2. The third-order valence-corrected chi connectivity index (χ3v) is 6.01. The maximum atomic E-state index is 12.1. The normalized spacial score (nSPS) is 10.7. The molecular formula is C20H22N4OS2. The van der Waals surface area contributed by atoms with E-state index >= 15 is 0 Å². The van der Waals surface area contributed by atoms with Crippen LogP contribution in [0.3, 0.4) is 0 Å². The third-order valence-electron chi connectivity index (χ3n) is 3.98. The number of nitrogens with zero attached hydrogens (tertiary/aromatic N) is 3. The Morgan fingerprint density at radius 1 is 1.04 bits per heavy atom. The summed E-state index contributed by atoms with van der Waals surface area (Å²) in [6, 6.07) is 18.3.